The lowest BCUT2D eigenvalue weighted by Crippen LogP contribution is -2.19. The van der Waals surface area contributed by atoms with E-state index in [1.807, 2.05) is 42.0 Å². The van der Waals surface area contributed by atoms with Gasteiger partial charge in [0.1, 0.15) is 5.25 Å². The van der Waals surface area contributed by atoms with Gasteiger partial charge in [0.05, 0.1) is 20.3 Å². The van der Waals surface area contributed by atoms with E-state index in [2.05, 4.69) is 15.2 Å². The first-order chi connectivity index (χ1) is 12.7. The van der Waals surface area contributed by atoms with Crippen molar-refractivity contribution in [2.24, 2.45) is 0 Å². The number of hydrogen-bond acceptors (Lipinski definition) is 6. The standard InChI is InChI=1S/C18H22N4O3S/c1-4-15(17(23)25-3)26-18-21-20-16(22(18)9-10-24-2)13-11-19-14-8-6-5-7-12(13)14/h5-8,11,15,19H,4,9-10H2,1-3H3/t15-/m1/s1. The number of esters is 1. The first-order valence-corrected chi connectivity index (χ1v) is 9.30. The minimum absolute atomic E-state index is 0.257. The van der Waals surface area contributed by atoms with Gasteiger partial charge in [-0.2, -0.15) is 0 Å². The van der Waals surface area contributed by atoms with E-state index in [4.69, 9.17) is 9.47 Å². The van der Waals surface area contributed by atoms with Gasteiger partial charge in [0.2, 0.25) is 0 Å². The summed E-state index contributed by atoms with van der Waals surface area (Å²) < 4.78 is 12.1. The summed E-state index contributed by atoms with van der Waals surface area (Å²) in [6.45, 7) is 3.07. The molecule has 8 heteroatoms. The van der Waals surface area contributed by atoms with Gasteiger partial charge in [-0.05, 0) is 12.5 Å². The zero-order chi connectivity index (χ0) is 18.5. The van der Waals surface area contributed by atoms with E-state index in [1.54, 1.807) is 7.11 Å². The average molecular weight is 374 g/mol. The molecule has 0 saturated carbocycles. The van der Waals surface area contributed by atoms with Crippen LogP contribution in [0.5, 0.6) is 0 Å². The molecule has 138 valence electrons. The van der Waals surface area contributed by atoms with Crippen molar-refractivity contribution in [2.75, 3.05) is 20.8 Å². The Morgan fingerprint density at radius 3 is 2.85 bits per heavy atom. The molecule has 0 aliphatic carbocycles. The first-order valence-electron chi connectivity index (χ1n) is 8.42. The highest BCUT2D eigenvalue weighted by molar-refractivity contribution is 8.00. The summed E-state index contributed by atoms with van der Waals surface area (Å²) in [5.74, 6) is 0.495. The highest BCUT2D eigenvalue weighted by Crippen LogP contribution is 2.32. The van der Waals surface area contributed by atoms with Gasteiger partial charge in [0.15, 0.2) is 11.0 Å². The lowest BCUT2D eigenvalue weighted by molar-refractivity contribution is -0.140. The number of rotatable bonds is 8. The van der Waals surface area contributed by atoms with E-state index >= 15 is 0 Å². The Labute approximate surface area is 156 Å². The van der Waals surface area contributed by atoms with Gasteiger partial charge in [-0.1, -0.05) is 36.9 Å². The number of H-pyrrole nitrogens is 1. The number of benzene rings is 1. The van der Waals surface area contributed by atoms with Gasteiger partial charge in [-0.3, -0.25) is 9.36 Å². The Bertz CT molecular complexity index is 890. The molecule has 2 aromatic heterocycles. The molecule has 26 heavy (non-hydrogen) atoms. The van der Waals surface area contributed by atoms with Crippen LogP contribution in [-0.4, -0.2) is 51.8 Å². The Morgan fingerprint density at radius 2 is 2.12 bits per heavy atom. The largest absolute Gasteiger partial charge is 0.468 e. The highest BCUT2D eigenvalue weighted by Gasteiger charge is 2.24. The fourth-order valence-corrected chi connectivity index (χ4v) is 3.78. The normalized spacial score (nSPS) is 12.4. The molecule has 7 nitrogen and oxygen atoms in total. The minimum atomic E-state index is -0.318. The Morgan fingerprint density at radius 1 is 1.31 bits per heavy atom. The van der Waals surface area contributed by atoms with E-state index < -0.39 is 0 Å². The van der Waals surface area contributed by atoms with Crippen LogP contribution in [-0.2, 0) is 20.8 Å². The average Bonchev–Trinajstić information content (AvgIpc) is 3.27. The summed E-state index contributed by atoms with van der Waals surface area (Å²) in [6.07, 6.45) is 2.58. The van der Waals surface area contributed by atoms with Crippen LogP contribution in [0.2, 0.25) is 0 Å². The van der Waals surface area contributed by atoms with Crippen molar-refractivity contribution in [1.29, 1.82) is 0 Å². The topological polar surface area (TPSA) is 82.0 Å². The van der Waals surface area contributed by atoms with Crippen molar-refractivity contribution < 1.29 is 14.3 Å². The maximum absolute atomic E-state index is 12.0. The number of aromatic nitrogens is 4. The lowest BCUT2D eigenvalue weighted by atomic mass is 10.1. The van der Waals surface area contributed by atoms with Crippen LogP contribution in [0.4, 0.5) is 0 Å². The highest BCUT2D eigenvalue weighted by atomic mass is 32.2. The van der Waals surface area contributed by atoms with Gasteiger partial charge >= 0.3 is 5.97 Å². The molecule has 1 atom stereocenters. The number of methoxy groups -OCH3 is 2. The number of hydrogen-bond donors (Lipinski definition) is 1. The van der Waals surface area contributed by atoms with Crippen LogP contribution >= 0.6 is 11.8 Å². The van der Waals surface area contributed by atoms with E-state index in [0.29, 0.717) is 24.7 Å². The predicted octanol–water partition coefficient (Wildman–Crippen LogP) is 3.12. The summed E-state index contributed by atoms with van der Waals surface area (Å²) in [7, 11) is 3.06. The molecule has 0 aliphatic rings. The van der Waals surface area contributed by atoms with Crippen molar-refractivity contribution in [3.63, 3.8) is 0 Å². The number of carbonyl (C=O) groups excluding carboxylic acids is 1. The Hall–Kier alpha value is -2.32. The van der Waals surface area contributed by atoms with Crippen LogP contribution in [0.25, 0.3) is 22.3 Å². The fourth-order valence-electron chi connectivity index (χ4n) is 2.77. The van der Waals surface area contributed by atoms with Gasteiger partial charge in [-0.25, -0.2) is 0 Å². The monoisotopic (exact) mass is 374 g/mol. The molecule has 1 aromatic carbocycles. The maximum atomic E-state index is 12.0. The second-order valence-electron chi connectivity index (χ2n) is 5.74. The number of fused-ring (bicyclic) bond motifs is 1. The maximum Gasteiger partial charge on any atom is 0.319 e. The lowest BCUT2D eigenvalue weighted by Gasteiger charge is -2.13. The van der Waals surface area contributed by atoms with E-state index in [9.17, 15) is 4.79 Å². The minimum Gasteiger partial charge on any atom is -0.468 e. The van der Waals surface area contributed by atoms with Crippen molar-refractivity contribution in [3.8, 4) is 11.4 Å². The third-order valence-corrected chi connectivity index (χ3v) is 5.47. The van der Waals surface area contributed by atoms with Gasteiger partial charge in [0, 0.05) is 29.8 Å². The zero-order valence-electron chi connectivity index (χ0n) is 15.1. The van der Waals surface area contributed by atoms with Crippen molar-refractivity contribution in [3.05, 3.63) is 30.5 Å². The van der Waals surface area contributed by atoms with Crippen molar-refractivity contribution >= 4 is 28.6 Å². The Balaban J connectivity index is 2.01. The molecule has 0 radical (unpaired) electrons. The summed E-state index contributed by atoms with van der Waals surface area (Å²) >= 11 is 1.37. The van der Waals surface area contributed by atoms with Gasteiger partial charge in [0.25, 0.3) is 0 Å². The molecule has 0 amide bonds. The second-order valence-corrected chi connectivity index (χ2v) is 6.91. The Kier molecular flexibility index (Phi) is 5.95. The molecule has 0 bridgehead atoms. The SMILES string of the molecule is CC[C@@H](Sc1nnc(-c2c[nH]c3ccccc23)n1CCOC)C(=O)OC. The summed E-state index contributed by atoms with van der Waals surface area (Å²) in [4.78, 5) is 15.2. The number of ether oxygens (including phenoxy) is 2. The van der Waals surface area contributed by atoms with E-state index in [1.165, 1.54) is 18.9 Å². The molecule has 0 unspecified atom stereocenters. The number of nitrogens with one attached hydrogen (secondary N) is 1. The van der Waals surface area contributed by atoms with Gasteiger partial charge in [-0.15, -0.1) is 10.2 Å². The number of aromatic amines is 1. The first kappa shape index (κ1) is 18.5. The van der Waals surface area contributed by atoms with Crippen LogP contribution in [0.1, 0.15) is 13.3 Å². The molecule has 0 spiro atoms. The summed E-state index contributed by atoms with van der Waals surface area (Å²) in [6, 6.07) is 8.05. The van der Waals surface area contributed by atoms with Crippen LogP contribution < -0.4 is 0 Å². The second kappa shape index (κ2) is 8.37. The molecule has 3 aromatic rings. The van der Waals surface area contributed by atoms with E-state index in [0.717, 1.165) is 22.3 Å². The third kappa shape index (κ3) is 3.61. The van der Waals surface area contributed by atoms with Crippen molar-refractivity contribution in [2.45, 2.75) is 30.3 Å². The molecule has 0 saturated heterocycles. The molecule has 0 fully saturated rings. The fraction of sp³-hybridized carbons (Fsp3) is 0.389. The van der Waals surface area contributed by atoms with Crippen LogP contribution in [0.3, 0.4) is 0 Å². The van der Waals surface area contributed by atoms with Crippen LogP contribution in [0, 0.1) is 0 Å². The predicted molar refractivity (Wildman–Crippen MR) is 101 cm³/mol. The molecule has 3 rings (SSSR count). The number of carbonyl (C=O) groups is 1. The smallest absolute Gasteiger partial charge is 0.319 e. The molecule has 2 heterocycles. The van der Waals surface area contributed by atoms with E-state index in [-0.39, 0.29) is 11.2 Å². The molecule has 1 N–H and O–H groups in total. The third-order valence-electron chi connectivity index (χ3n) is 4.15. The molecule has 0 aliphatic heterocycles. The number of thioether (sulfide) groups is 1. The zero-order valence-corrected chi connectivity index (χ0v) is 15.9. The number of para-hydroxylation sites is 1. The molecular weight excluding hydrogens is 352 g/mol. The quantitative estimate of drug-likeness (QED) is 0.482. The van der Waals surface area contributed by atoms with Gasteiger partial charge < -0.3 is 14.5 Å². The van der Waals surface area contributed by atoms with Crippen molar-refractivity contribution in [1.82, 2.24) is 19.7 Å². The van der Waals surface area contributed by atoms with Crippen LogP contribution in [0.15, 0.2) is 35.6 Å². The number of nitrogens with zero attached hydrogens (tertiary/aromatic N) is 3. The summed E-state index contributed by atoms with van der Waals surface area (Å²) in [5.41, 5.74) is 2.01. The summed E-state index contributed by atoms with van der Waals surface area (Å²) in [5, 5.41) is 10.2. The molecular formula is C18H22N4O3S.